The summed E-state index contributed by atoms with van der Waals surface area (Å²) in [4.78, 5) is 3.39. The van der Waals surface area contributed by atoms with Gasteiger partial charge < -0.3 is 4.42 Å². The van der Waals surface area contributed by atoms with Crippen molar-refractivity contribution < 1.29 is 12.8 Å². The molecule has 5 nitrogen and oxygen atoms in total. The summed E-state index contributed by atoms with van der Waals surface area (Å²) in [6.07, 6.45) is 1.88. The number of rotatable bonds is 1. The third-order valence-electron chi connectivity index (χ3n) is 0.978. The van der Waals surface area contributed by atoms with Gasteiger partial charge >= 0.3 is 0 Å². The van der Waals surface area contributed by atoms with Crippen LogP contribution in [0.4, 0.5) is 0 Å². The van der Waals surface area contributed by atoms with E-state index in [1.54, 1.807) is 6.07 Å². The quantitative estimate of drug-likeness (QED) is 0.593. The monoisotopic (exact) mass is 172 g/mol. The molecule has 0 bridgehead atoms. The van der Waals surface area contributed by atoms with E-state index in [1.165, 1.54) is 0 Å². The zero-order valence-electron chi connectivity index (χ0n) is 5.60. The van der Waals surface area contributed by atoms with E-state index < -0.39 is 9.84 Å². The number of nitriles is 1. The fourth-order valence-electron chi connectivity index (χ4n) is 0.573. The molecule has 0 unspecified atom stereocenters. The Kier molecular flexibility index (Phi) is 1.66. The first-order chi connectivity index (χ1) is 5.05. The number of hydrogen-bond acceptors (Lipinski definition) is 5. The Balaban J connectivity index is 3.39. The van der Waals surface area contributed by atoms with Gasteiger partial charge in [-0.05, 0) is 0 Å². The summed E-state index contributed by atoms with van der Waals surface area (Å²) in [6, 6.07) is 1.60. The van der Waals surface area contributed by atoms with Gasteiger partial charge in [-0.2, -0.15) is 5.26 Å². The van der Waals surface area contributed by atoms with Gasteiger partial charge in [-0.15, -0.1) is 0 Å². The molecule has 0 saturated heterocycles. The van der Waals surface area contributed by atoms with Crippen molar-refractivity contribution in [2.24, 2.45) is 0 Å². The summed E-state index contributed by atoms with van der Waals surface area (Å²) < 4.78 is 26.1. The van der Waals surface area contributed by atoms with E-state index in [1.807, 2.05) is 0 Å². The van der Waals surface area contributed by atoms with E-state index in [-0.39, 0.29) is 10.8 Å². The van der Waals surface area contributed by atoms with Crippen LogP contribution in [0.25, 0.3) is 0 Å². The number of hydrogen-bond donors (Lipinski definition) is 0. The minimum absolute atomic E-state index is 0.201. The third-order valence-corrected chi connectivity index (χ3v) is 1.94. The van der Waals surface area contributed by atoms with E-state index in [2.05, 4.69) is 9.40 Å². The molecule has 6 heteroatoms. The molecular formula is C5H4N2O3S. The van der Waals surface area contributed by atoms with Crippen LogP contribution in [0.2, 0.25) is 0 Å². The Bertz CT molecular complexity index is 398. The van der Waals surface area contributed by atoms with Crippen molar-refractivity contribution in [3.63, 3.8) is 0 Å². The molecule has 0 aliphatic carbocycles. The van der Waals surface area contributed by atoms with E-state index >= 15 is 0 Å². The Morgan fingerprint density at radius 1 is 1.73 bits per heavy atom. The second kappa shape index (κ2) is 2.36. The van der Waals surface area contributed by atoms with Crippen LogP contribution in [0.1, 0.15) is 5.69 Å². The van der Waals surface area contributed by atoms with Crippen LogP contribution in [0.3, 0.4) is 0 Å². The molecule has 0 atom stereocenters. The second-order valence-corrected chi connectivity index (χ2v) is 3.79. The fraction of sp³-hybridized carbons (Fsp3) is 0.200. The van der Waals surface area contributed by atoms with Gasteiger partial charge in [-0.1, -0.05) is 0 Å². The van der Waals surface area contributed by atoms with E-state index in [4.69, 9.17) is 5.26 Å². The average molecular weight is 172 g/mol. The van der Waals surface area contributed by atoms with Crippen molar-refractivity contribution >= 4 is 9.84 Å². The lowest BCUT2D eigenvalue weighted by Crippen LogP contribution is -1.97. The van der Waals surface area contributed by atoms with E-state index in [0.717, 1.165) is 12.6 Å². The Morgan fingerprint density at radius 2 is 2.36 bits per heavy atom. The van der Waals surface area contributed by atoms with Gasteiger partial charge in [0.1, 0.15) is 6.07 Å². The van der Waals surface area contributed by atoms with Gasteiger partial charge in [0.25, 0.3) is 5.09 Å². The first kappa shape index (κ1) is 7.75. The molecule has 1 aromatic rings. The molecule has 1 rings (SSSR count). The van der Waals surface area contributed by atoms with Gasteiger partial charge in [0.05, 0.1) is 0 Å². The summed E-state index contributed by atoms with van der Waals surface area (Å²) in [7, 11) is -3.45. The molecule has 0 radical (unpaired) electrons. The first-order valence-corrected chi connectivity index (χ1v) is 4.48. The highest BCUT2D eigenvalue weighted by atomic mass is 32.2. The van der Waals surface area contributed by atoms with Crippen LogP contribution >= 0.6 is 0 Å². The molecular weight excluding hydrogens is 168 g/mol. The highest BCUT2D eigenvalue weighted by Gasteiger charge is 2.17. The average Bonchev–Trinajstić information content (AvgIpc) is 2.31. The highest BCUT2D eigenvalue weighted by Crippen LogP contribution is 2.11. The van der Waals surface area contributed by atoms with Crippen molar-refractivity contribution in [2.45, 2.75) is 5.09 Å². The molecule has 0 aliphatic rings. The molecule has 0 aromatic carbocycles. The van der Waals surface area contributed by atoms with Crippen LogP contribution in [0.5, 0.6) is 0 Å². The summed E-state index contributed by atoms with van der Waals surface area (Å²) in [5.74, 6) is 0. The zero-order chi connectivity index (χ0) is 8.48. The summed E-state index contributed by atoms with van der Waals surface area (Å²) >= 11 is 0. The lowest BCUT2D eigenvalue weighted by Gasteiger charge is -1.87. The maximum Gasteiger partial charge on any atom is 0.255 e. The predicted octanol–water partition coefficient (Wildman–Crippen LogP) is -0.0502. The number of aromatic nitrogens is 1. The van der Waals surface area contributed by atoms with Crippen LogP contribution in [-0.2, 0) is 9.84 Å². The number of nitrogens with zero attached hydrogens (tertiary/aromatic N) is 2. The maximum atomic E-state index is 10.8. The molecule has 58 valence electrons. The first-order valence-electron chi connectivity index (χ1n) is 2.59. The largest absolute Gasteiger partial charge is 0.431 e. The van der Waals surface area contributed by atoms with Crippen LogP contribution in [0, 0.1) is 11.3 Å². The Hall–Kier alpha value is -1.35. The Morgan fingerprint density at radius 3 is 2.73 bits per heavy atom. The maximum absolute atomic E-state index is 10.8. The summed E-state index contributed by atoms with van der Waals surface area (Å²) in [6.45, 7) is 0. The predicted molar refractivity (Wildman–Crippen MR) is 34.3 cm³/mol. The van der Waals surface area contributed by atoms with E-state index in [9.17, 15) is 8.42 Å². The smallest absolute Gasteiger partial charge is 0.255 e. The van der Waals surface area contributed by atoms with Crippen molar-refractivity contribution in [3.05, 3.63) is 12.1 Å². The molecule has 0 N–H and O–H groups in total. The molecule has 11 heavy (non-hydrogen) atoms. The van der Waals surface area contributed by atoms with Gasteiger partial charge in [0, 0.05) is 6.26 Å². The molecule has 0 spiro atoms. The molecule has 0 fully saturated rings. The van der Waals surface area contributed by atoms with Crippen molar-refractivity contribution in [3.8, 4) is 6.07 Å². The topological polar surface area (TPSA) is 84.0 Å². The van der Waals surface area contributed by atoms with Gasteiger partial charge in [-0.25, -0.2) is 13.4 Å². The number of oxazole rings is 1. The molecule has 0 aliphatic heterocycles. The van der Waals surface area contributed by atoms with E-state index in [0.29, 0.717) is 0 Å². The normalized spacial score (nSPS) is 10.9. The molecule has 1 heterocycles. The van der Waals surface area contributed by atoms with Crippen molar-refractivity contribution in [1.82, 2.24) is 4.98 Å². The van der Waals surface area contributed by atoms with Crippen LogP contribution in [0.15, 0.2) is 15.9 Å². The molecule has 0 saturated carbocycles. The summed E-state index contributed by atoms with van der Waals surface area (Å²) in [5, 5.41) is 7.96. The fourth-order valence-corrected chi connectivity index (χ4v) is 1.24. The lowest BCUT2D eigenvalue weighted by molar-refractivity contribution is 0.447. The summed E-state index contributed by atoms with van der Waals surface area (Å²) in [5.41, 5.74) is -0.201. The zero-order valence-corrected chi connectivity index (χ0v) is 6.42. The number of sulfone groups is 1. The van der Waals surface area contributed by atoms with Crippen molar-refractivity contribution in [2.75, 3.05) is 6.26 Å². The minimum Gasteiger partial charge on any atom is -0.431 e. The van der Waals surface area contributed by atoms with Crippen molar-refractivity contribution in [1.29, 1.82) is 5.26 Å². The second-order valence-electron chi connectivity index (χ2n) is 1.87. The van der Waals surface area contributed by atoms with Crippen LogP contribution < -0.4 is 0 Å². The van der Waals surface area contributed by atoms with Gasteiger partial charge in [-0.3, -0.25) is 0 Å². The Labute approximate surface area is 63.2 Å². The molecule has 1 aromatic heterocycles. The SMILES string of the molecule is CS(=O)(=O)c1ocnc1C#N. The highest BCUT2D eigenvalue weighted by molar-refractivity contribution is 7.90. The van der Waals surface area contributed by atoms with Crippen LogP contribution in [-0.4, -0.2) is 19.7 Å². The molecule has 0 amide bonds. The van der Waals surface area contributed by atoms with Gasteiger partial charge in [0.2, 0.25) is 9.84 Å². The third kappa shape index (κ3) is 1.38. The minimum atomic E-state index is -3.45. The van der Waals surface area contributed by atoms with Gasteiger partial charge in [0.15, 0.2) is 12.1 Å². The lowest BCUT2D eigenvalue weighted by atomic mass is 10.6. The standard InChI is InChI=1S/C5H4N2O3S/c1-11(8,9)5-4(2-6)7-3-10-5/h3H,1H3.